The summed E-state index contributed by atoms with van der Waals surface area (Å²) in [6, 6.07) is 84.0. The van der Waals surface area contributed by atoms with Gasteiger partial charge in [0.2, 0.25) is 0 Å². The fourth-order valence-corrected chi connectivity index (χ4v) is 11.1. The van der Waals surface area contributed by atoms with Gasteiger partial charge in [0, 0.05) is 60.4 Å². The standard InChI is InChI=1S/C65H39N5O/c1-3-16-40(17-4-1)63-66-64(45-30-33-58-53(36-45)48-24-11-13-27-56(48)69(58)46-22-5-2-6-23-46)68-65(67-63)51-32-31-47(70-57-28-14-12-25-49(57)54-34-41-18-7-9-20-43(41)37-59(54)70)39-52(51)50-26-15-29-60-62(50)55-35-42-19-8-10-21-44(42)38-61(55)71-60/h1-39H. The molecule has 6 heteroatoms. The third kappa shape index (κ3) is 6.18. The molecule has 0 aliphatic carbocycles. The Morgan fingerprint density at radius 1 is 0.282 bits per heavy atom. The van der Waals surface area contributed by atoms with Gasteiger partial charge >= 0.3 is 0 Å². The number of para-hydroxylation sites is 3. The van der Waals surface area contributed by atoms with Gasteiger partial charge in [0.15, 0.2) is 17.5 Å². The van der Waals surface area contributed by atoms with Crippen molar-refractivity contribution in [3.8, 4) is 56.7 Å². The van der Waals surface area contributed by atoms with Gasteiger partial charge in [0.1, 0.15) is 11.2 Å². The third-order valence-electron chi connectivity index (χ3n) is 14.3. The minimum atomic E-state index is 0.575. The van der Waals surface area contributed by atoms with E-state index in [1.807, 2.05) is 18.2 Å². The van der Waals surface area contributed by atoms with Crippen LogP contribution in [0.1, 0.15) is 0 Å². The molecule has 0 saturated carbocycles. The first-order chi connectivity index (χ1) is 35.2. The normalized spacial score (nSPS) is 11.9. The summed E-state index contributed by atoms with van der Waals surface area (Å²) in [5, 5.41) is 11.5. The van der Waals surface area contributed by atoms with Gasteiger partial charge in [-0.3, -0.25) is 0 Å². The second-order valence-electron chi connectivity index (χ2n) is 18.4. The Bertz CT molecular complexity index is 4640. The van der Waals surface area contributed by atoms with Gasteiger partial charge in [-0.25, -0.2) is 15.0 Å². The summed E-state index contributed by atoms with van der Waals surface area (Å²) in [4.78, 5) is 16.1. The van der Waals surface area contributed by atoms with E-state index < -0.39 is 0 Å². The van der Waals surface area contributed by atoms with Gasteiger partial charge in [0.05, 0.1) is 22.1 Å². The molecule has 0 aliphatic heterocycles. The Labute approximate surface area is 407 Å². The first kappa shape index (κ1) is 39.4. The van der Waals surface area contributed by atoms with Crippen molar-refractivity contribution in [2.45, 2.75) is 0 Å². The minimum absolute atomic E-state index is 0.575. The summed E-state index contributed by atoms with van der Waals surface area (Å²) in [6.07, 6.45) is 0. The Hall–Kier alpha value is -9.65. The molecule has 0 aliphatic rings. The van der Waals surface area contributed by atoms with E-state index in [9.17, 15) is 0 Å². The average Bonchev–Trinajstić information content (AvgIpc) is 4.08. The van der Waals surface area contributed by atoms with E-state index in [0.29, 0.717) is 17.5 Å². The molecule has 0 fully saturated rings. The van der Waals surface area contributed by atoms with E-state index in [2.05, 4.69) is 228 Å². The number of rotatable bonds is 6. The molecular weight excluding hydrogens is 867 g/mol. The molecule has 330 valence electrons. The highest BCUT2D eigenvalue weighted by atomic mass is 16.3. The van der Waals surface area contributed by atoms with Gasteiger partial charge in [-0.05, 0) is 124 Å². The zero-order chi connectivity index (χ0) is 46.6. The number of hydrogen-bond donors (Lipinski definition) is 0. The van der Waals surface area contributed by atoms with Crippen molar-refractivity contribution in [1.29, 1.82) is 0 Å². The van der Waals surface area contributed by atoms with Crippen LogP contribution in [0.2, 0.25) is 0 Å². The lowest BCUT2D eigenvalue weighted by Gasteiger charge is -2.16. The summed E-state index contributed by atoms with van der Waals surface area (Å²) in [5.41, 5.74) is 13.0. The monoisotopic (exact) mass is 905 g/mol. The average molecular weight is 906 g/mol. The van der Waals surface area contributed by atoms with Crippen LogP contribution in [0.25, 0.3) is 144 Å². The SMILES string of the molecule is c1ccc(-c2nc(-c3ccc4c(c3)c3ccccc3n4-c3ccccc3)nc(-c3ccc(-n4c5ccccc5c5cc6ccccc6cc54)cc3-c3cccc4oc5cc6ccccc6cc5c34)n2)cc1. The molecule has 11 aromatic carbocycles. The quantitative estimate of drug-likeness (QED) is 0.167. The molecule has 0 unspecified atom stereocenters. The molecule has 0 saturated heterocycles. The predicted octanol–water partition coefficient (Wildman–Crippen LogP) is 16.9. The molecule has 15 rings (SSSR count). The van der Waals surface area contributed by atoms with Crippen LogP contribution in [0.4, 0.5) is 0 Å². The van der Waals surface area contributed by atoms with E-state index in [0.717, 1.165) is 105 Å². The largest absolute Gasteiger partial charge is 0.456 e. The maximum Gasteiger partial charge on any atom is 0.164 e. The van der Waals surface area contributed by atoms with E-state index in [1.165, 1.54) is 21.5 Å². The molecule has 0 amide bonds. The molecule has 4 heterocycles. The van der Waals surface area contributed by atoms with Crippen LogP contribution in [-0.2, 0) is 0 Å². The molecule has 71 heavy (non-hydrogen) atoms. The minimum Gasteiger partial charge on any atom is -0.456 e. The fraction of sp³-hybridized carbons (Fsp3) is 0. The number of benzene rings is 11. The summed E-state index contributed by atoms with van der Waals surface area (Å²) >= 11 is 0. The molecule has 0 radical (unpaired) electrons. The lowest BCUT2D eigenvalue weighted by atomic mass is 9.93. The molecule has 0 bridgehead atoms. The Kier molecular flexibility index (Phi) is 8.56. The van der Waals surface area contributed by atoms with Gasteiger partial charge in [-0.2, -0.15) is 0 Å². The van der Waals surface area contributed by atoms with Crippen LogP contribution < -0.4 is 0 Å². The topological polar surface area (TPSA) is 61.7 Å². The van der Waals surface area contributed by atoms with Gasteiger partial charge in [0.25, 0.3) is 0 Å². The van der Waals surface area contributed by atoms with Crippen molar-refractivity contribution < 1.29 is 4.42 Å². The maximum atomic E-state index is 6.73. The van der Waals surface area contributed by atoms with Gasteiger partial charge in [-0.15, -0.1) is 0 Å². The number of furan rings is 1. The van der Waals surface area contributed by atoms with E-state index in [-0.39, 0.29) is 0 Å². The number of aromatic nitrogens is 5. The highest BCUT2D eigenvalue weighted by Gasteiger charge is 2.23. The smallest absolute Gasteiger partial charge is 0.164 e. The zero-order valence-electron chi connectivity index (χ0n) is 38.2. The highest BCUT2D eigenvalue weighted by Crippen LogP contribution is 2.44. The number of fused-ring (bicyclic) bond motifs is 11. The van der Waals surface area contributed by atoms with Crippen LogP contribution in [0.3, 0.4) is 0 Å². The van der Waals surface area contributed by atoms with Crippen LogP contribution in [0.5, 0.6) is 0 Å². The van der Waals surface area contributed by atoms with E-state index in [1.54, 1.807) is 0 Å². The van der Waals surface area contributed by atoms with Crippen molar-refractivity contribution in [2.75, 3.05) is 0 Å². The van der Waals surface area contributed by atoms with Crippen LogP contribution >= 0.6 is 0 Å². The van der Waals surface area contributed by atoms with Crippen molar-refractivity contribution in [1.82, 2.24) is 24.1 Å². The first-order valence-electron chi connectivity index (χ1n) is 24.0. The fourth-order valence-electron chi connectivity index (χ4n) is 11.1. The molecule has 15 aromatic rings. The maximum absolute atomic E-state index is 6.73. The van der Waals surface area contributed by atoms with E-state index in [4.69, 9.17) is 19.4 Å². The van der Waals surface area contributed by atoms with Crippen LogP contribution in [0, 0.1) is 0 Å². The van der Waals surface area contributed by atoms with Crippen LogP contribution in [-0.4, -0.2) is 24.1 Å². The predicted molar refractivity (Wildman–Crippen MR) is 293 cm³/mol. The Morgan fingerprint density at radius 3 is 1.58 bits per heavy atom. The van der Waals surface area contributed by atoms with Crippen LogP contribution in [0.15, 0.2) is 241 Å². The Morgan fingerprint density at radius 2 is 0.845 bits per heavy atom. The summed E-state index contributed by atoms with van der Waals surface area (Å²) in [5.74, 6) is 1.76. The molecule has 6 nitrogen and oxygen atoms in total. The summed E-state index contributed by atoms with van der Waals surface area (Å²) < 4.78 is 11.5. The third-order valence-corrected chi connectivity index (χ3v) is 14.3. The molecule has 4 aromatic heterocycles. The lowest BCUT2D eigenvalue weighted by Crippen LogP contribution is -2.02. The number of hydrogen-bond acceptors (Lipinski definition) is 4. The van der Waals surface area contributed by atoms with Gasteiger partial charge < -0.3 is 13.6 Å². The summed E-state index contributed by atoms with van der Waals surface area (Å²) in [6.45, 7) is 0. The Balaban J connectivity index is 1.01. The highest BCUT2D eigenvalue weighted by molar-refractivity contribution is 6.17. The zero-order valence-corrected chi connectivity index (χ0v) is 38.2. The molecule has 0 spiro atoms. The van der Waals surface area contributed by atoms with E-state index >= 15 is 0 Å². The first-order valence-corrected chi connectivity index (χ1v) is 24.0. The van der Waals surface area contributed by atoms with Crippen molar-refractivity contribution >= 4 is 87.1 Å². The number of nitrogens with zero attached hydrogens (tertiary/aromatic N) is 5. The second-order valence-corrected chi connectivity index (χ2v) is 18.4. The van der Waals surface area contributed by atoms with Crippen molar-refractivity contribution in [3.05, 3.63) is 237 Å². The van der Waals surface area contributed by atoms with Crippen molar-refractivity contribution in [3.63, 3.8) is 0 Å². The van der Waals surface area contributed by atoms with Gasteiger partial charge in [-0.1, -0.05) is 146 Å². The molecule has 0 N–H and O–H groups in total. The lowest BCUT2D eigenvalue weighted by molar-refractivity contribution is 0.669. The van der Waals surface area contributed by atoms with Crippen molar-refractivity contribution in [2.24, 2.45) is 0 Å². The molecule has 0 atom stereocenters. The second kappa shape index (κ2) is 15.4. The summed E-state index contributed by atoms with van der Waals surface area (Å²) in [7, 11) is 0. The molecular formula is C65H39N5O.